The molecule has 10 heteroatoms. The van der Waals surface area contributed by atoms with Crippen LogP contribution in [0.2, 0.25) is 4.34 Å². The monoisotopic (exact) mass is 443 g/mol. The van der Waals surface area contributed by atoms with E-state index < -0.39 is 0 Å². The average Bonchev–Trinajstić information content (AvgIpc) is 3.35. The van der Waals surface area contributed by atoms with E-state index in [2.05, 4.69) is 31.0 Å². The fourth-order valence-corrected chi connectivity index (χ4v) is 4.15. The molecule has 1 aliphatic heterocycles. The number of rotatable bonds is 9. The Balaban J connectivity index is 1.20. The Hall–Kier alpha value is -2.88. The molecule has 1 aliphatic rings. The lowest BCUT2D eigenvalue weighted by Gasteiger charge is -2.21. The van der Waals surface area contributed by atoms with Gasteiger partial charge in [0.15, 0.2) is 5.69 Å². The zero-order chi connectivity index (χ0) is 20.8. The summed E-state index contributed by atoms with van der Waals surface area (Å²) in [7, 11) is 0. The lowest BCUT2D eigenvalue weighted by molar-refractivity contribution is 0.0923. The molecule has 0 fully saturated rings. The largest absolute Gasteiger partial charge is 0.342 e. The van der Waals surface area contributed by atoms with Gasteiger partial charge >= 0.3 is 0 Å². The van der Waals surface area contributed by atoms with Gasteiger partial charge in [-0.25, -0.2) is 9.97 Å². The van der Waals surface area contributed by atoms with Gasteiger partial charge in [-0.2, -0.15) is 0 Å². The minimum atomic E-state index is -0.287. The summed E-state index contributed by atoms with van der Waals surface area (Å²) in [5, 5.41) is 8.76. The quantitative estimate of drug-likeness (QED) is 0.379. The molecule has 1 amide bonds. The van der Waals surface area contributed by atoms with Gasteiger partial charge < -0.3 is 21.0 Å². The van der Waals surface area contributed by atoms with Crippen LogP contribution in [0.1, 0.15) is 21.3 Å². The van der Waals surface area contributed by atoms with E-state index in [-0.39, 0.29) is 11.6 Å². The Morgan fingerprint density at radius 2 is 2.03 bits per heavy atom. The first kappa shape index (κ1) is 20.4. The van der Waals surface area contributed by atoms with Crippen LogP contribution in [-0.4, -0.2) is 45.6 Å². The second-order valence-corrected chi connectivity index (χ2v) is 8.33. The average molecular weight is 444 g/mol. The number of amides is 1. The third-order valence-electron chi connectivity index (χ3n) is 4.46. The second-order valence-electron chi connectivity index (χ2n) is 6.64. The molecule has 30 heavy (non-hydrogen) atoms. The smallest absolute Gasteiger partial charge is 0.273 e. The van der Waals surface area contributed by atoms with Gasteiger partial charge in [-0.1, -0.05) is 23.7 Å². The maximum absolute atomic E-state index is 12.4. The van der Waals surface area contributed by atoms with E-state index >= 15 is 0 Å². The zero-order valence-corrected chi connectivity index (χ0v) is 17.8. The van der Waals surface area contributed by atoms with E-state index in [0.29, 0.717) is 17.4 Å². The highest BCUT2D eigenvalue weighted by molar-refractivity contribution is 7.16. The number of thiazole rings is 1. The van der Waals surface area contributed by atoms with Crippen LogP contribution < -0.4 is 16.1 Å². The van der Waals surface area contributed by atoms with Crippen LogP contribution in [0, 0.1) is 0 Å². The van der Waals surface area contributed by atoms with Gasteiger partial charge in [0.1, 0.15) is 16.8 Å². The Morgan fingerprint density at radius 3 is 2.87 bits per heavy atom. The summed E-state index contributed by atoms with van der Waals surface area (Å²) in [5.74, 6) is 0.679. The highest BCUT2D eigenvalue weighted by Crippen LogP contribution is 2.24. The Kier molecular flexibility index (Phi) is 6.63. The number of allylic oxidation sites excluding steroid dienone is 2. The van der Waals surface area contributed by atoms with Crippen LogP contribution in [0.3, 0.4) is 0 Å². The van der Waals surface area contributed by atoms with Crippen LogP contribution in [-0.2, 0) is 12.8 Å². The second kappa shape index (κ2) is 9.75. The minimum absolute atomic E-state index is 0.274. The van der Waals surface area contributed by atoms with Gasteiger partial charge in [-0.05, 0) is 24.3 Å². The molecule has 4 N–H and O–H groups in total. The van der Waals surface area contributed by atoms with Crippen LogP contribution in [0.4, 0.5) is 0 Å². The molecule has 0 saturated heterocycles. The van der Waals surface area contributed by atoms with Crippen LogP contribution in [0.25, 0.3) is 11.0 Å². The summed E-state index contributed by atoms with van der Waals surface area (Å²) >= 11 is 7.57. The first-order chi connectivity index (χ1) is 14.7. The fraction of sp³-hybridized carbons (Fsp3) is 0.250. The highest BCUT2D eigenvalue weighted by atomic mass is 35.5. The fourth-order valence-electron chi connectivity index (χ4n) is 2.97. The summed E-state index contributed by atoms with van der Waals surface area (Å²) < 4.78 is 0.409. The van der Waals surface area contributed by atoms with Crippen molar-refractivity contribution in [3.05, 3.63) is 69.7 Å². The predicted octanol–water partition coefficient (Wildman–Crippen LogP) is 2.58. The highest BCUT2D eigenvalue weighted by Gasteiger charge is 2.17. The number of fused-ring (bicyclic) bond motifs is 1. The molecule has 4 rings (SSSR count). The van der Waals surface area contributed by atoms with Gasteiger partial charge in [0.2, 0.25) is 0 Å². The third-order valence-corrected chi connectivity index (χ3v) is 5.78. The van der Waals surface area contributed by atoms with Gasteiger partial charge in [0, 0.05) is 38.3 Å². The Labute approximate surface area is 183 Å². The van der Waals surface area contributed by atoms with Crippen molar-refractivity contribution >= 4 is 39.9 Å². The van der Waals surface area contributed by atoms with Gasteiger partial charge in [0.25, 0.3) is 5.91 Å². The number of hydrazine groups is 1. The molecule has 1 aromatic carbocycles. The molecule has 2 aromatic heterocycles. The Bertz CT molecular complexity index is 1040. The number of H-pyrrole nitrogens is 1. The summed E-state index contributed by atoms with van der Waals surface area (Å²) in [6.45, 7) is 1.86. The molecule has 0 bridgehead atoms. The standard InChI is InChI=1S/C20H22ClN7OS/c21-19-18(20(29)23-13-28-12-4-3-9-24-28)27-17(30-19)8-11-22-10-7-16-25-14-5-1-2-6-15(14)26-16/h1-6,9,12,22,24H,7-8,10-11,13H2,(H,23,29)(H,25,26). The molecular formula is C20H22ClN7OS. The minimum Gasteiger partial charge on any atom is -0.342 e. The van der Waals surface area contributed by atoms with Crippen LogP contribution in [0.5, 0.6) is 0 Å². The molecule has 0 atom stereocenters. The predicted molar refractivity (Wildman–Crippen MR) is 119 cm³/mol. The van der Waals surface area contributed by atoms with Crippen molar-refractivity contribution in [2.24, 2.45) is 0 Å². The number of imidazole rings is 1. The van der Waals surface area contributed by atoms with E-state index in [9.17, 15) is 4.79 Å². The maximum atomic E-state index is 12.4. The van der Waals surface area contributed by atoms with Gasteiger partial charge in [0.05, 0.1) is 16.0 Å². The topological polar surface area (TPSA) is 98.0 Å². The molecule has 3 aromatic rings. The molecule has 0 spiro atoms. The normalized spacial score (nSPS) is 13.0. The van der Waals surface area contributed by atoms with Crippen molar-refractivity contribution in [3.63, 3.8) is 0 Å². The van der Waals surface area contributed by atoms with E-state index in [1.165, 1.54) is 11.3 Å². The first-order valence-electron chi connectivity index (χ1n) is 9.63. The first-order valence-corrected chi connectivity index (χ1v) is 10.8. The van der Waals surface area contributed by atoms with Gasteiger partial charge in [-0.3, -0.25) is 9.80 Å². The Morgan fingerprint density at radius 1 is 1.17 bits per heavy atom. The number of nitrogens with one attached hydrogen (secondary N) is 4. The maximum Gasteiger partial charge on any atom is 0.273 e. The van der Waals surface area contributed by atoms with Crippen LogP contribution >= 0.6 is 22.9 Å². The number of carbonyl (C=O) groups is 1. The molecule has 0 radical (unpaired) electrons. The van der Waals surface area contributed by atoms with Crippen molar-refractivity contribution in [2.45, 2.75) is 12.8 Å². The van der Waals surface area contributed by atoms with Crippen molar-refractivity contribution < 1.29 is 4.79 Å². The zero-order valence-electron chi connectivity index (χ0n) is 16.2. The molecular weight excluding hydrogens is 422 g/mol. The van der Waals surface area contributed by atoms with Crippen molar-refractivity contribution in [1.82, 2.24) is 36.0 Å². The molecule has 8 nitrogen and oxygen atoms in total. The number of hydrogen-bond acceptors (Lipinski definition) is 7. The lowest BCUT2D eigenvalue weighted by Crippen LogP contribution is -2.41. The number of nitrogens with zero attached hydrogens (tertiary/aromatic N) is 3. The molecule has 3 heterocycles. The van der Waals surface area contributed by atoms with Crippen LogP contribution in [0.15, 0.2) is 48.8 Å². The number of benzene rings is 1. The van der Waals surface area contributed by atoms with Crippen molar-refractivity contribution in [1.29, 1.82) is 0 Å². The number of halogens is 1. The number of hydrogen-bond donors (Lipinski definition) is 4. The van der Waals surface area contributed by atoms with Crippen molar-refractivity contribution in [2.75, 3.05) is 19.8 Å². The molecule has 0 saturated carbocycles. The molecule has 0 aliphatic carbocycles. The number of para-hydroxylation sites is 2. The van der Waals surface area contributed by atoms with Gasteiger partial charge in [-0.15, -0.1) is 11.3 Å². The van der Waals surface area contributed by atoms with E-state index in [0.717, 1.165) is 41.4 Å². The number of carbonyl (C=O) groups excluding carboxylic acids is 1. The van der Waals surface area contributed by atoms with E-state index in [1.54, 1.807) is 11.2 Å². The third kappa shape index (κ3) is 5.18. The number of aromatic nitrogens is 3. The lowest BCUT2D eigenvalue weighted by atomic mass is 10.3. The molecule has 0 unspecified atom stereocenters. The molecule has 156 valence electrons. The van der Waals surface area contributed by atoms with E-state index in [1.807, 2.05) is 42.6 Å². The summed E-state index contributed by atoms with van der Waals surface area (Å²) in [5.41, 5.74) is 5.30. The summed E-state index contributed by atoms with van der Waals surface area (Å²) in [4.78, 5) is 24.7. The summed E-state index contributed by atoms with van der Waals surface area (Å²) in [6, 6.07) is 8.00. The van der Waals surface area contributed by atoms with E-state index in [4.69, 9.17) is 11.6 Å². The number of aromatic amines is 1. The van der Waals surface area contributed by atoms with Crippen molar-refractivity contribution in [3.8, 4) is 0 Å². The SMILES string of the molecule is O=C(NCN1C=CC=CN1)c1nc(CCNCCc2nc3ccccc3[nH]2)sc1Cl. The summed E-state index contributed by atoms with van der Waals surface area (Å²) in [6.07, 6.45) is 8.87.